The molecule has 1 aromatic carbocycles. The number of thiophene rings is 1. The third kappa shape index (κ3) is 3.16. The maximum absolute atomic E-state index is 12.3. The second-order valence-corrected chi connectivity index (χ2v) is 6.60. The summed E-state index contributed by atoms with van der Waals surface area (Å²) in [6.45, 7) is 1.69. The molecule has 0 aliphatic rings. The minimum Gasteiger partial charge on any atom is -0.406 e. The van der Waals surface area contributed by atoms with Crippen molar-refractivity contribution in [1.82, 2.24) is 19.9 Å². The van der Waals surface area contributed by atoms with Gasteiger partial charge in [-0.3, -0.25) is 9.78 Å². The second kappa shape index (κ2) is 5.91. The number of H-pyrrole nitrogens is 2. The summed E-state index contributed by atoms with van der Waals surface area (Å²) in [6, 6.07) is 5.14. The number of fused-ring (bicyclic) bond motifs is 3. The smallest absolute Gasteiger partial charge is 0.406 e. The van der Waals surface area contributed by atoms with E-state index in [1.54, 1.807) is 6.92 Å². The van der Waals surface area contributed by atoms with Crippen LogP contribution in [-0.2, 0) is 0 Å². The van der Waals surface area contributed by atoms with E-state index in [-0.39, 0.29) is 11.6 Å². The van der Waals surface area contributed by atoms with Crippen molar-refractivity contribution in [1.29, 1.82) is 0 Å². The highest BCUT2D eigenvalue weighted by atomic mass is 32.1. The first-order valence-electron chi connectivity index (χ1n) is 7.51. The van der Waals surface area contributed by atoms with E-state index < -0.39 is 17.6 Å². The topological polar surface area (TPSA) is 101 Å². The second-order valence-electron chi connectivity index (χ2n) is 5.60. The van der Waals surface area contributed by atoms with Gasteiger partial charge in [-0.25, -0.2) is 14.8 Å². The summed E-state index contributed by atoms with van der Waals surface area (Å²) in [4.78, 5) is 37.5. The van der Waals surface area contributed by atoms with Gasteiger partial charge in [-0.05, 0) is 31.2 Å². The first kappa shape index (κ1) is 17.2. The van der Waals surface area contributed by atoms with Gasteiger partial charge in [-0.1, -0.05) is 0 Å². The molecule has 0 atom stereocenters. The number of aromatic nitrogens is 4. The van der Waals surface area contributed by atoms with Gasteiger partial charge in [-0.15, -0.1) is 24.5 Å². The van der Waals surface area contributed by atoms with E-state index in [1.165, 1.54) is 24.3 Å². The molecule has 27 heavy (non-hydrogen) atoms. The van der Waals surface area contributed by atoms with Gasteiger partial charge in [0.15, 0.2) is 5.82 Å². The molecule has 4 aromatic rings. The van der Waals surface area contributed by atoms with Crippen LogP contribution < -0.4 is 16.0 Å². The van der Waals surface area contributed by atoms with E-state index in [9.17, 15) is 22.8 Å². The minimum absolute atomic E-state index is 0.281. The number of nitrogens with one attached hydrogen (secondary N) is 2. The average Bonchev–Trinajstić information content (AvgIpc) is 2.93. The standard InChI is InChI=1S/C16H9F3N4O3S/c1-6-9-10-11(13(24)23-15(25)21-10)27-14(9)22-12(20-6)7-2-4-8(5-3-7)26-16(17,18)19/h2-5H,1H3,(H2,21,23,24,25). The van der Waals surface area contributed by atoms with E-state index in [1.807, 2.05) is 0 Å². The molecule has 0 amide bonds. The number of hydrogen-bond donors (Lipinski definition) is 2. The van der Waals surface area contributed by atoms with Crippen LogP contribution in [0, 0.1) is 6.92 Å². The highest BCUT2D eigenvalue weighted by molar-refractivity contribution is 7.25. The van der Waals surface area contributed by atoms with Crippen LogP contribution in [0.15, 0.2) is 33.9 Å². The van der Waals surface area contributed by atoms with Crippen LogP contribution in [-0.4, -0.2) is 26.3 Å². The third-order valence-corrected chi connectivity index (χ3v) is 4.83. The Kier molecular flexibility index (Phi) is 3.77. The number of halogens is 3. The fourth-order valence-electron chi connectivity index (χ4n) is 2.69. The van der Waals surface area contributed by atoms with Crippen molar-refractivity contribution < 1.29 is 17.9 Å². The van der Waals surface area contributed by atoms with Gasteiger partial charge < -0.3 is 9.72 Å². The Morgan fingerprint density at radius 2 is 1.78 bits per heavy atom. The molecule has 0 unspecified atom stereocenters. The Bertz CT molecular complexity index is 1290. The van der Waals surface area contributed by atoms with Crippen LogP contribution in [0.2, 0.25) is 0 Å². The fourth-order valence-corrected chi connectivity index (χ4v) is 3.76. The molecule has 0 bridgehead atoms. The summed E-state index contributed by atoms with van der Waals surface area (Å²) >= 11 is 1.09. The van der Waals surface area contributed by atoms with Crippen molar-refractivity contribution >= 4 is 31.8 Å². The molecule has 0 radical (unpaired) electrons. The average molecular weight is 394 g/mol. The lowest BCUT2D eigenvalue weighted by Crippen LogP contribution is -2.20. The zero-order valence-electron chi connectivity index (χ0n) is 13.5. The Hall–Kier alpha value is -3.21. The summed E-state index contributed by atoms with van der Waals surface area (Å²) in [7, 11) is 0. The summed E-state index contributed by atoms with van der Waals surface area (Å²) in [6.07, 6.45) is -4.77. The Balaban J connectivity index is 1.84. The maximum atomic E-state index is 12.3. The monoisotopic (exact) mass is 394 g/mol. The van der Waals surface area contributed by atoms with Crippen LogP contribution in [0.25, 0.3) is 31.8 Å². The number of aryl methyl sites for hydroxylation is 1. The van der Waals surface area contributed by atoms with Gasteiger partial charge in [0, 0.05) is 5.56 Å². The van der Waals surface area contributed by atoms with Crippen molar-refractivity contribution in [2.45, 2.75) is 13.3 Å². The molecule has 2 N–H and O–H groups in total. The van der Waals surface area contributed by atoms with E-state index in [2.05, 4.69) is 24.7 Å². The molecule has 0 aliphatic carbocycles. The maximum Gasteiger partial charge on any atom is 0.573 e. The van der Waals surface area contributed by atoms with Crippen molar-refractivity contribution in [2.24, 2.45) is 0 Å². The minimum atomic E-state index is -4.77. The lowest BCUT2D eigenvalue weighted by atomic mass is 10.2. The van der Waals surface area contributed by atoms with Gasteiger partial charge >= 0.3 is 12.1 Å². The summed E-state index contributed by atoms with van der Waals surface area (Å²) in [5.74, 6) is -0.0705. The lowest BCUT2D eigenvalue weighted by Gasteiger charge is -2.09. The first-order chi connectivity index (χ1) is 12.7. The molecule has 0 fully saturated rings. The van der Waals surface area contributed by atoms with Crippen LogP contribution in [0.1, 0.15) is 5.69 Å². The number of hydrogen-bond acceptors (Lipinski definition) is 6. The van der Waals surface area contributed by atoms with E-state index >= 15 is 0 Å². The first-order valence-corrected chi connectivity index (χ1v) is 8.32. The predicted octanol–water partition coefficient (Wildman–Crippen LogP) is 3.10. The van der Waals surface area contributed by atoms with Crippen molar-refractivity contribution in [2.75, 3.05) is 0 Å². The van der Waals surface area contributed by atoms with Gasteiger partial charge in [-0.2, -0.15) is 0 Å². The number of nitrogens with zero attached hydrogens (tertiary/aromatic N) is 2. The van der Waals surface area contributed by atoms with Crippen molar-refractivity contribution in [3.05, 3.63) is 50.8 Å². The molecule has 3 aromatic heterocycles. The quantitative estimate of drug-likeness (QED) is 0.544. The molecule has 0 aliphatic heterocycles. The van der Waals surface area contributed by atoms with Gasteiger partial charge in [0.2, 0.25) is 0 Å². The molecular weight excluding hydrogens is 385 g/mol. The zero-order valence-corrected chi connectivity index (χ0v) is 14.3. The zero-order chi connectivity index (χ0) is 19.3. The third-order valence-electron chi connectivity index (χ3n) is 3.75. The fraction of sp³-hybridized carbons (Fsp3) is 0.125. The molecule has 0 saturated heterocycles. The summed E-state index contributed by atoms with van der Waals surface area (Å²) in [5, 5.41) is 0.555. The van der Waals surface area contributed by atoms with Crippen molar-refractivity contribution in [3.8, 4) is 17.1 Å². The SMILES string of the molecule is Cc1nc(-c2ccc(OC(F)(F)F)cc2)nc2sc3c(=O)[nH]c(=O)[nH]c3c12. The van der Waals surface area contributed by atoms with Gasteiger partial charge in [0.25, 0.3) is 5.56 Å². The largest absolute Gasteiger partial charge is 0.573 e. The van der Waals surface area contributed by atoms with Crippen LogP contribution >= 0.6 is 11.3 Å². The van der Waals surface area contributed by atoms with Crippen molar-refractivity contribution in [3.63, 3.8) is 0 Å². The molecular formula is C16H9F3N4O3S. The number of alkyl halides is 3. The highest BCUT2D eigenvalue weighted by Gasteiger charge is 2.31. The Labute approximate surface area is 151 Å². The van der Waals surface area contributed by atoms with Crippen LogP contribution in [0.4, 0.5) is 13.2 Å². The van der Waals surface area contributed by atoms with Crippen LogP contribution in [0.5, 0.6) is 5.75 Å². The number of aromatic amines is 2. The number of benzene rings is 1. The highest BCUT2D eigenvalue weighted by Crippen LogP contribution is 2.32. The summed E-state index contributed by atoms with van der Waals surface area (Å²) < 4.78 is 40.9. The molecule has 0 saturated carbocycles. The molecule has 3 heterocycles. The van der Waals surface area contributed by atoms with Gasteiger partial charge in [0.1, 0.15) is 15.3 Å². The molecule has 4 rings (SSSR count). The van der Waals surface area contributed by atoms with E-state index in [4.69, 9.17) is 0 Å². The molecule has 138 valence electrons. The predicted molar refractivity (Wildman–Crippen MR) is 93.0 cm³/mol. The Morgan fingerprint density at radius 3 is 2.44 bits per heavy atom. The van der Waals surface area contributed by atoms with E-state index in [0.717, 1.165) is 11.3 Å². The Morgan fingerprint density at radius 1 is 1.07 bits per heavy atom. The van der Waals surface area contributed by atoms with Crippen LogP contribution in [0.3, 0.4) is 0 Å². The molecule has 0 spiro atoms. The normalized spacial score (nSPS) is 12.0. The van der Waals surface area contributed by atoms with Gasteiger partial charge in [0.05, 0.1) is 16.6 Å². The molecule has 7 nitrogen and oxygen atoms in total. The number of ether oxygens (including phenoxy) is 1. The lowest BCUT2D eigenvalue weighted by molar-refractivity contribution is -0.274. The molecule has 11 heteroatoms. The van der Waals surface area contributed by atoms with E-state index in [0.29, 0.717) is 31.7 Å². The summed E-state index contributed by atoms with van der Waals surface area (Å²) in [5.41, 5.74) is 0.219. The number of rotatable bonds is 2.